The lowest BCUT2D eigenvalue weighted by molar-refractivity contribution is 0.164. The summed E-state index contributed by atoms with van der Waals surface area (Å²) in [6.45, 7) is 10.1. The normalized spacial score (nSPS) is 21.3. The van der Waals surface area contributed by atoms with Gasteiger partial charge in [0.05, 0.1) is 0 Å². The zero-order valence-corrected chi connectivity index (χ0v) is 10.8. The number of nitrogens with zero attached hydrogens (tertiary/aromatic N) is 2. The molecule has 0 aliphatic carbocycles. The Bertz CT molecular complexity index is 268. The molecule has 0 aromatic rings. The third-order valence-electron chi connectivity index (χ3n) is 2.86. The number of piperazine rings is 1. The zero-order valence-electron chi connectivity index (χ0n) is 10.8. The molecule has 0 unspecified atom stereocenters. The second kappa shape index (κ2) is 7.42. The highest BCUT2D eigenvalue weighted by molar-refractivity contribution is 5.16. The molecule has 1 rings (SSSR count). The van der Waals surface area contributed by atoms with Gasteiger partial charge in [-0.1, -0.05) is 36.0 Å². The van der Waals surface area contributed by atoms with E-state index in [2.05, 4.69) is 48.1 Å². The summed E-state index contributed by atoms with van der Waals surface area (Å²) in [6, 6.07) is 0. The van der Waals surface area contributed by atoms with Crippen LogP contribution < -0.4 is 0 Å². The summed E-state index contributed by atoms with van der Waals surface area (Å²) < 4.78 is 0. The first-order valence-corrected chi connectivity index (χ1v) is 6.08. The van der Waals surface area contributed by atoms with Crippen LogP contribution in [0.25, 0.3) is 0 Å². The molecule has 90 valence electrons. The van der Waals surface area contributed by atoms with Crippen molar-refractivity contribution in [3.8, 4) is 0 Å². The van der Waals surface area contributed by atoms with Crippen LogP contribution in [0, 0.1) is 0 Å². The summed E-state index contributed by atoms with van der Waals surface area (Å²) in [5, 5.41) is 0. The van der Waals surface area contributed by atoms with Crippen molar-refractivity contribution in [1.82, 2.24) is 9.80 Å². The van der Waals surface area contributed by atoms with Crippen molar-refractivity contribution >= 4 is 0 Å². The van der Waals surface area contributed by atoms with Crippen LogP contribution in [-0.4, -0.2) is 49.6 Å². The van der Waals surface area contributed by atoms with Gasteiger partial charge in [0.1, 0.15) is 0 Å². The average molecular weight is 220 g/mol. The standard InChI is InChI=1S/C14H24N2/c1-4-5-6-7-8-14(2)13-16-11-9-15(3)10-12-16/h4-8H,9-13H2,1-3H3/b5-4-,7-6-,14-8+. The van der Waals surface area contributed by atoms with Crippen LogP contribution in [0.2, 0.25) is 0 Å². The largest absolute Gasteiger partial charge is 0.304 e. The highest BCUT2D eigenvalue weighted by atomic mass is 15.2. The van der Waals surface area contributed by atoms with E-state index in [1.165, 1.54) is 31.8 Å². The Morgan fingerprint density at radius 2 is 1.75 bits per heavy atom. The second-order valence-corrected chi connectivity index (χ2v) is 4.50. The van der Waals surface area contributed by atoms with Crippen molar-refractivity contribution in [2.24, 2.45) is 0 Å². The third kappa shape index (κ3) is 5.29. The molecule has 0 bridgehead atoms. The Hall–Kier alpha value is -0.860. The molecular formula is C14H24N2. The summed E-state index contributed by atoms with van der Waals surface area (Å²) in [5.41, 5.74) is 1.44. The SMILES string of the molecule is C\C=C/C=C\C=C(/C)CN1CCN(C)CC1. The molecule has 0 aromatic heterocycles. The Morgan fingerprint density at radius 3 is 2.38 bits per heavy atom. The van der Waals surface area contributed by atoms with Gasteiger partial charge in [-0.25, -0.2) is 0 Å². The Kier molecular flexibility index (Phi) is 6.12. The van der Waals surface area contributed by atoms with Crippen LogP contribution >= 0.6 is 0 Å². The summed E-state index contributed by atoms with van der Waals surface area (Å²) in [7, 11) is 2.19. The van der Waals surface area contributed by atoms with E-state index in [4.69, 9.17) is 0 Å². The molecule has 16 heavy (non-hydrogen) atoms. The third-order valence-corrected chi connectivity index (χ3v) is 2.86. The van der Waals surface area contributed by atoms with Gasteiger partial charge in [-0.15, -0.1) is 0 Å². The predicted molar refractivity (Wildman–Crippen MR) is 71.6 cm³/mol. The molecule has 0 atom stereocenters. The number of hydrogen-bond acceptors (Lipinski definition) is 2. The van der Waals surface area contributed by atoms with Gasteiger partial charge in [0.2, 0.25) is 0 Å². The Morgan fingerprint density at radius 1 is 1.06 bits per heavy atom. The number of likely N-dealkylation sites (N-methyl/N-ethyl adjacent to an activating group) is 1. The van der Waals surface area contributed by atoms with E-state index in [1.54, 1.807) is 0 Å². The lowest BCUT2D eigenvalue weighted by atomic mass is 10.2. The molecule has 0 spiro atoms. The van der Waals surface area contributed by atoms with E-state index in [1.807, 2.05) is 13.0 Å². The zero-order chi connectivity index (χ0) is 11.8. The lowest BCUT2D eigenvalue weighted by Crippen LogP contribution is -2.44. The lowest BCUT2D eigenvalue weighted by Gasteiger charge is -2.32. The fraction of sp³-hybridized carbons (Fsp3) is 0.571. The minimum absolute atomic E-state index is 1.11. The van der Waals surface area contributed by atoms with E-state index in [-0.39, 0.29) is 0 Å². The number of allylic oxidation sites excluding steroid dienone is 5. The van der Waals surface area contributed by atoms with Crippen LogP contribution in [0.4, 0.5) is 0 Å². The van der Waals surface area contributed by atoms with Crippen molar-refractivity contribution in [3.05, 3.63) is 36.0 Å². The van der Waals surface area contributed by atoms with Gasteiger partial charge in [0.25, 0.3) is 0 Å². The van der Waals surface area contributed by atoms with Crippen LogP contribution in [0.1, 0.15) is 13.8 Å². The Labute approximate surface area is 99.9 Å². The number of hydrogen-bond donors (Lipinski definition) is 0. The van der Waals surface area contributed by atoms with Crippen molar-refractivity contribution in [1.29, 1.82) is 0 Å². The minimum Gasteiger partial charge on any atom is -0.304 e. The molecule has 0 amide bonds. The molecule has 2 nitrogen and oxygen atoms in total. The summed E-state index contributed by atoms with van der Waals surface area (Å²) in [5.74, 6) is 0. The maximum Gasteiger partial charge on any atom is 0.0194 e. The highest BCUT2D eigenvalue weighted by Crippen LogP contribution is 2.03. The number of rotatable bonds is 4. The van der Waals surface area contributed by atoms with Crippen molar-refractivity contribution in [2.45, 2.75) is 13.8 Å². The molecule has 1 aliphatic rings. The summed E-state index contributed by atoms with van der Waals surface area (Å²) in [6.07, 6.45) is 10.5. The quantitative estimate of drug-likeness (QED) is 0.671. The maximum atomic E-state index is 2.52. The summed E-state index contributed by atoms with van der Waals surface area (Å²) >= 11 is 0. The van der Waals surface area contributed by atoms with E-state index in [9.17, 15) is 0 Å². The first-order chi connectivity index (χ1) is 7.72. The molecule has 0 radical (unpaired) electrons. The second-order valence-electron chi connectivity index (χ2n) is 4.50. The van der Waals surface area contributed by atoms with Crippen LogP contribution in [0.5, 0.6) is 0 Å². The van der Waals surface area contributed by atoms with Crippen molar-refractivity contribution < 1.29 is 0 Å². The monoisotopic (exact) mass is 220 g/mol. The minimum atomic E-state index is 1.11. The highest BCUT2D eigenvalue weighted by Gasteiger charge is 2.12. The topological polar surface area (TPSA) is 6.48 Å². The molecule has 0 N–H and O–H groups in total. The first-order valence-electron chi connectivity index (χ1n) is 6.08. The molecule has 0 aromatic carbocycles. The molecule has 1 saturated heterocycles. The molecular weight excluding hydrogens is 196 g/mol. The molecule has 0 saturated carbocycles. The smallest absolute Gasteiger partial charge is 0.0194 e. The first kappa shape index (κ1) is 13.2. The fourth-order valence-electron chi connectivity index (χ4n) is 1.81. The summed E-state index contributed by atoms with van der Waals surface area (Å²) in [4.78, 5) is 4.91. The van der Waals surface area contributed by atoms with E-state index in [0.29, 0.717) is 0 Å². The van der Waals surface area contributed by atoms with Crippen LogP contribution in [-0.2, 0) is 0 Å². The van der Waals surface area contributed by atoms with Gasteiger partial charge in [-0.3, -0.25) is 4.90 Å². The fourth-order valence-corrected chi connectivity index (χ4v) is 1.81. The Balaban J connectivity index is 2.30. The van der Waals surface area contributed by atoms with E-state index < -0.39 is 0 Å². The van der Waals surface area contributed by atoms with Crippen LogP contribution in [0.15, 0.2) is 36.0 Å². The van der Waals surface area contributed by atoms with E-state index in [0.717, 1.165) is 6.54 Å². The van der Waals surface area contributed by atoms with Gasteiger partial charge < -0.3 is 4.90 Å². The van der Waals surface area contributed by atoms with Gasteiger partial charge in [-0.05, 0) is 20.9 Å². The average Bonchev–Trinajstić information content (AvgIpc) is 2.28. The predicted octanol–water partition coefficient (Wildman–Crippen LogP) is 2.31. The van der Waals surface area contributed by atoms with Crippen LogP contribution in [0.3, 0.4) is 0 Å². The van der Waals surface area contributed by atoms with Gasteiger partial charge in [0, 0.05) is 32.7 Å². The molecule has 2 heteroatoms. The van der Waals surface area contributed by atoms with Gasteiger partial charge >= 0.3 is 0 Å². The molecule has 1 aliphatic heterocycles. The van der Waals surface area contributed by atoms with E-state index >= 15 is 0 Å². The van der Waals surface area contributed by atoms with Crippen molar-refractivity contribution in [3.63, 3.8) is 0 Å². The molecule has 1 heterocycles. The maximum absolute atomic E-state index is 2.52. The van der Waals surface area contributed by atoms with Gasteiger partial charge in [0.15, 0.2) is 0 Å². The van der Waals surface area contributed by atoms with Gasteiger partial charge in [-0.2, -0.15) is 0 Å². The van der Waals surface area contributed by atoms with Crippen molar-refractivity contribution in [2.75, 3.05) is 39.8 Å². The molecule has 1 fully saturated rings.